The van der Waals surface area contributed by atoms with Gasteiger partial charge in [-0.3, -0.25) is 4.79 Å². The number of ether oxygens (including phenoxy) is 1. The van der Waals surface area contributed by atoms with Crippen molar-refractivity contribution >= 4 is 32.5 Å². The minimum absolute atomic E-state index is 0.0385. The summed E-state index contributed by atoms with van der Waals surface area (Å²) in [7, 11) is -1.85. The van der Waals surface area contributed by atoms with Crippen molar-refractivity contribution in [3.8, 4) is 17.1 Å². The van der Waals surface area contributed by atoms with E-state index in [4.69, 9.17) is 4.74 Å². The molecule has 140 valence electrons. The third-order valence-electron chi connectivity index (χ3n) is 4.97. The number of benzene rings is 2. The lowest BCUT2D eigenvalue weighted by molar-refractivity contribution is -0.119. The van der Waals surface area contributed by atoms with E-state index in [9.17, 15) is 13.2 Å². The third-order valence-corrected chi connectivity index (χ3v) is 6.08. The summed E-state index contributed by atoms with van der Waals surface area (Å²) >= 11 is 0. The number of anilines is 1. The van der Waals surface area contributed by atoms with E-state index < -0.39 is 15.3 Å². The zero-order chi connectivity index (χ0) is 19.6. The molecular formula is C19H19N3O4S. The van der Waals surface area contributed by atoms with Crippen molar-refractivity contribution in [1.82, 2.24) is 9.97 Å². The first kappa shape index (κ1) is 17.5. The summed E-state index contributed by atoms with van der Waals surface area (Å²) in [6, 6.07) is 8.46. The van der Waals surface area contributed by atoms with Crippen LogP contribution in [0.5, 0.6) is 5.75 Å². The Kier molecular flexibility index (Phi) is 3.61. The van der Waals surface area contributed by atoms with E-state index >= 15 is 0 Å². The van der Waals surface area contributed by atoms with Crippen molar-refractivity contribution in [1.29, 1.82) is 0 Å². The van der Waals surface area contributed by atoms with Gasteiger partial charge in [0, 0.05) is 11.9 Å². The van der Waals surface area contributed by atoms with Gasteiger partial charge in [-0.2, -0.15) is 0 Å². The quantitative estimate of drug-likeness (QED) is 0.722. The summed E-state index contributed by atoms with van der Waals surface area (Å²) in [4.78, 5) is 20.2. The molecule has 0 saturated heterocycles. The topological polar surface area (TPSA) is 101 Å². The van der Waals surface area contributed by atoms with Gasteiger partial charge in [0.15, 0.2) is 9.84 Å². The third kappa shape index (κ3) is 2.68. The van der Waals surface area contributed by atoms with Gasteiger partial charge in [-0.05, 0) is 49.7 Å². The first-order chi connectivity index (χ1) is 12.6. The predicted octanol–water partition coefficient (Wildman–Crippen LogP) is 2.87. The molecule has 0 radical (unpaired) electrons. The number of imidazole rings is 1. The van der Waals surface area contributed by atoms with E-state index in [1.165, 1.54) is 19.2 Å². The van der Waals surface area contributed by atoms with Gasteiger partial charge in [0.05, 0.1) is 34.0 Å². The van der Waals surface area contributed by atoms with E-state index in [1.807, 2.05) is 26.0 Å². The lowest BCUT2D eigenvalue weighted by atomic mass is 9.86. The van der Waals surface area contributed by atoms with Gasteiger partial charge in [-0.15, -0.1) is 0 Å². The Morgan fingerprint density at radius 1 is 1.15 bits per heavy atom. The molecule has 27 heavy (non-hydrogen) atoms. The predicted molar refractivity (Wildman–Crippen MR) is 103 cm³/mol. The summed E-state index contributed by atoms with van der Waals surface area (Å²) in [5.74, 6) is 0.941. The zero-order valence-electron chi connectivity index (χ0n) is 15.4. The van der Waals surface area contributed by atoms with Crippen LogP contribution in [0.15, 0.2) is 35.2 Å². The van der Waals surface area contributed by atoms with Crippen molar-refractivity contribution in [2.45, 2.75) is 24.2 Å². The van der Waals surface area contributed by atoms with Crippen LogP contribution in [0.2, 0.25) is 0 Å². The Morgan fingerprint density at radius 2 is 1.89 bits per heavy atom. The van der Waals surface area contributed by atoms with Crippen LogP contribution in [0.3, 0.4) is 0 Å². The second-order valence-corrected chi connectivity index (χ2v) is 9.23. The van der Waals surface area contributed by atoms with Gasteiger partial charge in [0.25, 0.3) is 0 Å². The van der Waals surface area contributed by atoms with Crippen LogP contribution in [0.25, 0.3) is 22.4 Å². The number of aromatic amines is 1. The lowest BCUT2D eigenvalue weighted by Crippen LogP contribution is -2.26. The SMILES string of the molecule is COc1cc(S(C)(=O)=O)ccc1-c1nc2cc3c(cc2[nH]1)NC(=O)C3(C)C. The molecule has 0 bridgehead atoms. The summed E-state index contributed by atoms with van der Waals surface area (Å²) in [6.07, 6.45) is 1.15. The lowest BCUT2D eigenvalue weighted by Gasteiger charge is -2.14. The number of nitrogens with zero attached hydrogens (tertiary/aromatic N) is 1. The van der Waals surface area contributed by atoms with Crippen molar-refractivity contribution in [2.75, 3.05) is 18.7 Å². The molecule has 0 spiro atoms. The van der Waals surface area contributed by atoms with Crippen LogP contribution in [-0.2, 0) is 20.0 Å². The maximum Gasteiger partial charge on any atom is 0.234 e. The number of aromatic nitrogens is 2. The summed E-state index contributed by atoms with van der Waals surface area (Å²) in [5.41, 5.74) is 3.21. The number of methoxy groups -OCH3 is 1. The largest absolute Gasteiger partial charge is 0.496 e. The van der Waals surface area contributed by atoms with Gasteiger partial charge in [0.1, 0.15) is 11.6 Å². The normalized spacial score (nSPS) is 15.6. The molecular weight excluding hydrogens is 366 g/mol. The Hall–Kier alpha value is -2.87. The van der Waals surface area contributed by atoms with E-state index in [2.05, 4.69) is 15.3 Å². The van der Waals surface area contributed by atoms with Crippen LogP contribution in [0, 0.1) is 0 Å². The zero-order valence-corrected chi connectivity index (χ0v) is 16.2. The number of H-pyrrole nitrogens is 1. The molecule has 2 aromatic carbocycles. The number of hydrogen-bond acceptors (Lipinski definition) is 5. The molecule has 4 rings (SSSR count). The number of amides is 1. The fourth-order valence-electron chi connectivity index (χ4n) is 3.30. The average Bonchev–Trinajstić information content (AvgIpc) is 3.10. The Labute approximate surface area is 156 Å². The number of nitrogens with one attached hydrogen (secondary N) is 2. The summed E-state index contributed by atoms with van der Waals surface area (Å²) in [5, 5.41) is 2.90. The Bertz CT molecular complexity index is 1210. The fraction of sp³-hybridized carbons (Fsp3) is 0.263. The number of rotatable bonds is 3. The standard InChI is InChI=1S/C19H19N3O4S/c1-19(2)12-8-14-15(9-13(12)22-18(19)23)21-17(20-14)11-6-5-10(27(4,24)25)7-16(11)26-3/h5-9H,1-4H3,(H,20,21)(H,22,23). The number of carbonyl (C=O) groups is 1. The molecule has 1 aliphatic heterocycles. The van der Waals surface area contributed by atoms with Crippen molar-refractivity contribution in [3.05, 3.63) is 35.9 Å². The Morgan fingerprint density at radius 3 is 2.56 bits per heavy atom. The molecule has 0 unspecified atom stereocenters. The minimum Gasteiger partial charge on any atom is -0.496 e. The van der Waals surface area contributed by atoms with Gasteiger partial charge in [-0.1, -0.05) is 0 Å². The minimum atomic E-state index is -3.34. The summed E-state index contributed by atoms with van der Waals surface area (Å²) < 4.78 is 28.9. The molecule has 1 aliphatic rings. The molecule has 2 N–H and O–H groups in total. The molecule has 1 aromatic heterocycles. The van der Waals surface area contributed by atoms with Crippen molar-refractivity contribution in [2.24, 2.45) is 0 Å². The molecule has 0 fully saturated rings. The Balaban J connectivity index is 1.86. The van der Waals surface area contributed by atoms with Gasteiger partial charge in [0.2, 0.25) is 5.91 Å². The maximum atomic E-state index is 12.1. The highest BCUT2D eigenvalue weighted by Gasteiger charge is 2.38. The van der Waals surface area contributed by atoms with Crippen LogP contribution in [0.1, 0.15) is 19.4 Å². The van der Waals surface area contributed by atoms with Crippen LogP contribution in [0.4, 0.5) is 5.69 Å². The molecule has 7 nitrogen and oxygen atoms in total. The van der Waals surface area contributed by atoms with E-state index in [1.54, 1.807) is 6.07 Å². The molecule has 1 amide bonds. The van der Waals surface area contributed by atoms with Gasteiger partial charge in [-0.25, -0.2) is 13.4 Å². The second kappa shape index (κ2) is 5.56. The van der Waals surface area contributed by atoms with Crippen LogP contribution in [-0.4, -0.2) is 37.7 Å². The van der Waals surface area contributed by atoms with Crippen LogP contribution >= 0.6 is 0 Å². The summed E-state index contributed by atoms with van der Waals surface area (Å²) in [6.45, 7) is 3.75. The number of hydrogen-bond donors (Lipinski definition) is 2. The monoisotopic (exact) mass is 385 g/mol. The van der Waals surface area contributed by atoms with Gasteiger partial charge < -0.3 is 15.0 Å². The van der Waals surface area contributed by atoms with E-state index in [-0.39, 0.29) is 10.8 Å². The average molecular weight is 385 g/mol. The molecule has 0 atom stereocenters. The second-order valence-electron chi connectivity index (χ2n) is 7.21. The van der Waals surface area contributed by atoms with Crippen molar-refractivity contribution < 1.29 is 17.9 Å². The molecule has 0 aliphatic carbocycles. The van der Waals surface area contributed by atoms with Crippen molar-refractivity contribution in [3.63, 3.8) is 0 Å². The van der Waals surface area contributed by atoms with Gasteiger partial charge >= 0.3 is 0 Å². The smallest absolute Gasteiger partial charge is 0.234 e. The highest BCUT2D eigenvalue weighted by Crippen LogP contribution is 2.40. The molecule has 0 saturated carbocycles. The van der Waals surface area contributed by atoms with Crippen LogP contribution < -0.4 is 10.1 Å². The highest BCUT2D eigenvalue weighted by atomic mass is 32.2. The number of fused-ring (bicyclic) bond motifs is 2. The molecule has 8 heteroatoms. The molecule has 2 heterocycles. The maximum absolute atomic E-state index is 12.1. The first-order valence-electron chi connectivity index (χ1n) is 8.35. The van der Waals surface area contributed by atoms with E-state index in [0.717, 1.165) is 28.5 Å². The number of carbonyl (C=O) groups excluding carboxylic acids is 1. The van der Waals surface area contributed by atoms with E-state index in [0.29, 0.717) is 17.1 Å². The molecule has 3 aromatic rings. The fourth-order valence-corrected chi connectivity index (χ4v) is 3.94. The number of sulfone groups is 1. The first-order valence-corrected chi connectivity index (χ1v) is 10.2. The highest BCUT2D eigenvalue weighted by molar-refractivity contribution is 7.90.